The maximum atomic E-state index is 13.2. The lowest BCUT2D eigenvalue weighted by Crippen LogP contribution is -2.56. The van der Waals surface area contributed by atoms with Gasteiger partial charge in [-0.1, -0.05) is 62.7 Å². The fourth-order valence-electron chi connectivity index (χ4n) is 7.21. The van der Waals surface area contributed by atoms with Crippen molar-refractivity contribution in [2.24, 2.45) is 22.7 Å². The molecule has 28 heavy (non-hydrogen) atoms. The van der Waals surface area contributed by atoms with Crippen molar-refractivity contribution in [3.8, 4) is 0 Å². The number of Topliss-reactive ketones (excluding diaryl/α,β-unsaturated/α-hetero) is 1. The molecule has 1 saturated carbocycles. The van der Waals surface area contributed by atoms with E-state index in [1.807, 2.05) is 0 Å². The Hall–Kier alpha value is -1.89. The fourth-order valence-corrected chi connectivity index (χ4v) is 7.21. The second kappa shape index (κ2) is 5.81. The van der Waals surface area contributed by atoms with Gasteiger partial charge in [0, 0.05) is 5.41 Å². The summed E-state index contributed by atoms with van der Waals surface area (Å²) in [4.78, 5) is 13.2. The summed E-state index contributed by atoms with van der Waals surface area (Å²) in [7, 11) is 0. The van der Waals surface area contributed by atoms with Crippen LogP contribution < -0.4 is 0 Å². The molecule has 3 aliphatic rings. The van der Waals surface area contributed by atoms with Gasteiger partial charge in [0.1, 0.15) is 0 Å². The van der Waals surface area contributed by atoms with Gasteiger partial charge in [-0.25, -0.2) is 0 Å². The lowest BCUT2D eigenvalue weighted by atomic mass is 9.43. The molecule has 5 rings (SSSR count). The number of fused-ring (bicyclic) bond motifs is 7. The number of ketones is 1. The molecule has 0 aromatic heterocycles. The van der Waals surface area contributed by atoms with Gasteiger partial charge in [0.2, 0.25) is 0 Å². The van der Waals surface area contributed by atoms with Crippen LogP contribution in [0.2, 0.25) is 0 Å². The highest BCUT2D eigenvalue weighted by molar-refractivity contribution is 6.01. The highest BCUT2D eigenvalue weighted by Crippen LogP contribution is 2.65. The summed E-state index contributed by atoms with van der Waals surface area (Å²) in [5.74, 6) is 2.20. The smallest absolute Gasteiger partial charge is 0.164 e. The number of hydrogen-bond acceptors (Lipinski definition) is 1. The van der Waals surface area contributed by atoms with Crippen LogP contribution in [0.4, 0.5) is 0 Å². The number of carbonyl (C=O) groups excluding carboxylic acids is 1. The summed E-state index contributed by atoms with van der Waals surface area (Å²) in [6.45, 7) is 11.2. The number of carbonyl (C=O) groups is 1. The van der Waals surface area contributed by atoms with Gasteiger partial charge in [-0.2, -0.15) is 0 Å². The molecule has 2 aromatic carbocycles. The summed E-state index contributed by atoms with van der Waals surface area (Å²) < 4.78 is 0. The zero-order chi connectivity index (χ0) is 19.8. The Bertz CT molecular complexity index is 1020. The van der Waals surface area contributed by atoms with E-state index in [0.29, 0.717) is 23.5 Å². The van der Waals surface area contributed by atoms with Crippen LogP contribution in [-0.2, 0) is 11.2 Å². The molecule has 146 valence electrons. The van der Waals surface area contributed by atoms with Crippen LogP contribution in [0.15, 0.2) is 47.5 Å². The molecule has 0 N–H and O–H groups in total. The molecule has 3 aliphatic carbocycles. The minimum absolute atomic E-state index is 0.0726. The Balaban J connectivity index is 1.66. The maximum absolute atomic E-state index is 13.2. The normalized spacial score (nSPS) is 34.0. The lowest BCUT2D eigenvalue weighted by Gasteiger charge is -2.60. The van der Waals surface area contributed by atoms with Crippen molar-refractivity contribution < 1.29 is 4.79 Å². The molecular weight excluding hydrogens is 340 g/mol. The largest absolute Gasteiger partial charge is 0.294 e. The molecule has 0 amide bonds. The van der Waals surface area contributed by atoms with E-state index in [1.165, 1.54) is 35.6 Å². The van der Waals surface area contributed by atoms with Gasteiger partial charge in [0.15, 0.2) is 5.78 Å². The van der Waals surface area contributed by atoms with E-state index in [-0.39, 0.29) is 10.8 Å². The second-order valence-electron chi connectivity index (χ2n) is 10.4. The van der Waals surface area contributed by atoms with E-state index < -0.39 is 0 Å². The first-order chi connectivity index (χ1) is 13.3. The molecule has 0 saturated heterocycles. The third kappa shape index (κ3) is 2.11. The molecule has 1 fully saturated rings. The minimum Gasteiger partial charge on any atom is -0.294 e. The van der Waals surface area contributed by atoms with Crippen LogP contribution in [0, 0.1) is 22.7 Å². The van der Waals surface area contributed by atoms with Gasteiger partial charge in [-0.3, -0.25) is 4.79 Å². The summed E-state index contributed by atoms with van der Waals surface area (Å²) in [5.41, 5.74) is 5.41. The first kappa shape index (κ1) is 18.2. The average molecular weight is 373 g/mol. The third-order valence-corrected chi connectivity index (χ3v) is 9.20. The van der Waals surface area contributed by atoms with Crippen molar-refractivity contribution in [3.05, 3.63) is 58.7 Å². The second-order valence-corrected chi connectivity index (χ2v) is 10.4. The standard InChI is InChI=1S/C27H32O/c1-16-17(2)25(28)26(3,4)27(5)15-14-22-21-11-10-18-8-6-7-9-19(18)20(21)12-13-23(22)24(16)27/h6-11,22-24H,12-15H2,1-5H3. The fraction of sp³-hybridized carbons (Fsp3) is 0.519. The molecule has 1 nitrogen and oxygen atoms in total. The topological polar surface area (TPSA) is 17.1 Å². The van der Waals surface area contributed by atoms with E-state index in [1.54, 1.807) is 11.1 Å². The zero-order valence-corrected chi connectivity index (χ0v) is 17.9. The number of aryl methyl sites for hydroxylation is 1. The van der Waals surface area contributed by atoms with E-state index in [0.717, 1.165) is 12.0 Å². The van der Waals surface area contributed by atoms with Gasteiger partial charge >= 0.3 is 0 Å². The van der Waals surface area contributed by atoms with Crippen molar-refractivity contribution in [2.75, 3.05) is 0 Å². The van der Waals surface area contributed by atoms with E-state index in [2.05, 4.69) is 71.0 Å². The van der Waals surface area contributed by atoms with Crippen LogP contribution in [0.1, 0.15) is 70.9 Å². The first-order valence-corrected chi connectivity index (χ1v) is 11.0. The van der Waals surface area contributed by atoms with Crippen LogP contribution in [0.25, 0.3) is 10.8 Å². The number of allylic oxidation sites excluding steroid dienone is 2. The van der Waals surface area contributed by atoms with E-state index >= 15 is 0 Å². The van der Waals surface area contributed by atoms with E-state index in [9.17, 15) is 4.79 Å². The molecule has 1 heteroatoms. The molecule has 4 atom stereocenters. The molecular formula is C27H32O. The third-order valence-electron chi connectivity index (χ3n) is 9.20. The number of benzene rings is 2. The van der Waals surface area contributed by atoms with Crippen LogP contribution >= 0.6 is 0 Å². The Morgan fingerprint density at radius 2 is 1.71 bits per heavy atom. The van der Waals surface area contributed by atoms with Gasteiger partial charge < -0.3 is 0 Å². The molecule has 0 radical (unpaired) electrons. The Morgan fingerprint density at radius 1 is 0.964 bits per heavy atom. The van der Waals surface area contributed by atoms with Gasteiger partial charge in [0.05, 0.1) is 0 Å². The van der Waals surface area contributed by atoms with Crippen molar-refractivity contribution in [1.29, 1.82) is 0 Å². The summed E-state index contributed by atoms with van der Waals surface area (Å²) in [5, 5.41) is 2.83. The Labute approximate surface area is 169 Å². The molecule has 2 aromatic rings. The molecule has 0 spiro atoms. The lowest BCUT2D eigenvalue weighted by molar-refractivity contribution is -0.140. The summed E-state index contributed by atoms with van der Waals surface area (Å²) in [6, 6.07) is 13.6. The zero-order valence-electron chi connectivity index (χ0n) is 17.9. The average Bonchev–Trinajstić information content (AvgIpc) is 2.70. The van der Waals surface area contributed by atoms with Crippen LogP contribution in [-0.4, -0.2) is 5.78 Å². The minimum atomic E-state index is -0.268. The van der Waals surface area contributed by atoms with Crippen LogP contribution in [0.5, 0.6) is 0 Å². The monoisotopic (exact) mass is 372 g/mol. The molecule has 4 unspecified atom stereocenters. The van der Waals surface area contributed by atoms with Crippen molar-refractivity contribution in [1.82, 2.24) is 0 Å². The molecule has 0 bridgehead atoms. The molecule has 0 aliphatic heterocycles. The Kier molecular flexibility index (Phi) is 3.77. The van der Waals surface area contributed by atoms with Gasteiger partial charge in [-0.15, -0.1) is 0 Å². The first-order valence-electron chi connectivity index (χ1n) is 11.0. The predicted molar refractivity (Wildman–Crippen MR) is 116 cm³/mol. The molecule has 0 heterocycles. The SMILES string of the molecule is CC1=C(C)C2C3CCc4c(ccc5ccccc45)C3CCC2(C)C(C)(C)C1=O. The number of hydrogen-bond donors (Lipinski definition) is 0. The Morgan fingerprint density at radius 3 is 2.50 bits per heavy atom. The van der Waals surface area contributed by atoms with E-state index in [4.69, 9.17) is 0 Å². The quantitative estimate of drug-likeness (QED) is 0.494. The van der Waals surface area contributed by atoms with Crippen molar-refractivity contribution >= 4 is 16.6 Å². The highest BCUT2D eigenvalue weighted by atomic mass is 16.1. The summed E-state index contributed by atoms with van der Waals surface area (Å²) >= 11 is 0. The number of rotatable bonds is 0. The summed E-state index contributed by atoms with van der Waals surface area (Å²) in [6.07, 6.45) is 4.78. The van der Waals surface area contributed by atoms with Gasteiger partial charge in [0.25, 0.3) is 0 Å². The maximum Gasteiger partial charge on any atom is 0.164 e. The van der Waals surface area contributed by atoms with Gasteiger partial charge in [-0.05, 0) is 90.2 Å². The highest BCUT2D eigenvalue weighted by Gasteiger charge is 2.60. The van der Waals surface area contributed by atoms with Crippen LogP contribution in [0.3, 0.4) is 0 Å². The van der Waals surface area contributed by atoms with Crippen molar-refractivity contribution in [3.63, 3.8) is 0 Å². The van der Waals surface area contributed by atoms with Crippen molar-refractivity contribution in [2.45, 2.75) is 66.2 Å². The predicted octanol–water partition coefficient (Wildman–Crippen LogP) is 6.85.